The van der Waals surface area contributed by atoms with E-state index in [0.717, 1.165) is 43.2 Å². The van der Waals surface area contributed by atoms with Crippen LogP contribution in [-0.2, 0) is 16.0 Å². The topological polar surface area (TPSA) is 77.8 Å². The number of allylic oxidation sites excluding steroid dienone is 1. The first-order chi connectivity index (χ1) is 17.1. The van der Waals surface area contributed by atoms with Gasteiger partial charge < -0.3 is 14.8 Å². The van der Waals surface area contributed by atoms with Gasteiger partial charge in [-0.2, -0.15) is 0 Å². The van der Waals surface area contributed by atoms with E-state index in [1.54, 1.807) is 17.5 Å². The van der Waals surface area contributed by atoms with Crippen molar-refractivity contribution in [3.63, 3.8) is 0 Å². The van der Waals surface area contributed by atoms with Crippen molar-refractivity contribution in [3.8, 4) is 11.6 Å². The van der Waals surface area contributed by atoms with Crippen LogP contribution < -0.4 is 10.1 Å². The number of Topliss-reactive ketones (excluding diaryl/α,β-unsaturated/α-hetero) is 1. The van der Waals surface area contributed by atoms with Gasteiger partial charge in [-0.15, -0.1) is 5.10 Å². The van der Waals surface area contributed by atoms with Crippen LogP contribution in [0.4, 0.5) is 5.82 Å². The largest absolute Gasteiger partial charge is 0.438 e. The minimum atomic E-state index is 0.122. The van der Waals surface area contributed by atoms with Gasteiger partial charge in [-0.25, -0.2) is 9.50 Å². The Bertz CT molecular complexity index is 1170. The van der Waals surface area contributed by atoms with Crippen molar-refractivity contribution in [1.29, 1.82) is 0 Å². The van der Waals surface area contributed by atoms with E-state index in [4.69, 9.17) is 9.47 Å². The van der Waals surface area contributed by atoms with Gasteiger partial charge in [0, 0.05) is 24.4 Å². The Morgan fingerprint density at radius 2 is 2.14 bits per heavy atom. The molecule has 186 valence electrons. The smallest absolute Gasteiger partial charge is 0.237 e. The van der Waals surface area contributed by atoms with E-state index in [1.807, 2.05) is 50.4 Å². The second kappa shape index (κ2) is 11.5. The zero-order valence-electron chi connectivity index (χ0n) is 21.0. The Morgan fingerprint density at radius 3 is 2.89 bits per heavy atom. The van der Waals surface area contributed by atoms with Crippen molar-refractivity contribution >= 4 is 17.2 Å². The monoisotopic (exact) mass is 476 g/mol. The first-order valence-corrected chi connectivity index (χ1v) is 12.7. The third-order valence-corrected chi connectivity index (χ3v) is 6.45. The van der Waals surface area contributed by atoms with E-state index in [1.165, 1.54) is 19.3 Å². The average Bonchev–Trinajstić information content (AvgIpc) is 3.44. The molecule has 5 rings (SSSR count). The molecule has 1 spiro atoms. The molecule has 0 amide bonds. The van der Waals surface area contributed by atoms with Crippen molar-refractivity contribution in [2.75, 3.05) is 25.1 Å². The van der Waals surface area contributed by atoms with Crippen LogP contribution in [0.2, 0.25) is 0 Å². The summed E-state index contributed by atoms with van der Waals surface area (Å²) in [6.07, 6.45) is 11.8. The highest BCUT2D eigenvalue weighted by Crippen LogP contribution is 2.47. The standard InChI is InChI=1S/C26H30N4O3.C2H6/c1-19(31)13-21-6-4-7-22(14-21)33-25-9-8-24-28-23(16-30(24)29-25)27-12-3-2-5-20-10-11-26(15-20)17-32-18-26;1-2/h2,4-9,14,16,20,27H,3,10-13,15,17-18H2,1H3;1-2H3. The van der Waals surface area contributed by atoms with E-state index in [-0.39, 0.29) is 5.78 Å². The van der Waals surface area contributed by atoms with Crippen LogP contribution >= 0.6 is 0 Å². The lowest BCUT2D eigenvalue weighted by Gasteiger charge is -2.38. The van der Waals surface area contributed by atoms with Crippen molar-refractivity contribution in [3.05, 3.63) is 60.3 Å². The number of ketones is 1. The first kappa shape index (κ1) is 24.9. The summed E-state index contributed by atoms with van der Waals surface area (Å²) >= 11 is 0. The molecule has 2 fully saturated rings. The molecule has 2 aliphatic rings. The number of nitrogens with one attached hydrogen (secondary N) is 1. The first-order valence-electron chi connectivity index (χ1n) is 12.7. The van der Waals surface area contributed by atoms with Gasteiger partial charge in [-0.05, 0) is 62.3 Å². The van der Waals surface area contributed by atoms with Crippen LogP contribution in [-0.4, -0.2) is 40.1 Å². The Kier molecular flexibility index (Phi) is 8.18. The van der Waals surface area contributed by atoms with Gasteiger partial charge in [0.25, 0.3) is 0 Å². The summed E-state index contributed by atoms with van der Waals surface area (Å²) in [5.74, 6) is 2.75. The molecule has 35 heavy (non-hydrogen) atoms. The molecular weight excluding hydrogens is 440 g/mol. The highest BCUT2D eigenvalue weighted by atomic mass is 16.5. The summed E-state index contributed by atoms with van der Waals surface area (Å²) in [6, 6.07) is 11.2. The molecule has 7 heteroatoms. The number of nitrogens with zero attached hydrogens (tertiary/aromatic N) is 3. The minimum absolute atomic E-state index is 0.122. The zero-order valence-corrected chi connectivity index (χ0v) is 21.0. The molecule has 3 aromatic rings. The molecule has 1 saturated heterocycles. The molecular formula is C28H36N4O3. The Labute approximate surface area is 207 Å². The normalized spacial score (nSPS) is 18.3. The third kappa shape index (κ3) is 6.48. The zero-order chi connectivity index (χ0) is 24.7. The maximum atomic E-state index is 11.4. The minimum Gasteiger partial charge on any atom is -0.438 e. The number of benzene rings is 1. The number of anilines is 1. The number of aromatic nitrogens is 3. The quantitative estimate of drug-likeness (QED) is 0.308. The number of ether oxygens (including phenoxy) is 2. The number of carbonyl (C=O) groups is 1. The molecule has 1 unspecified atom stereocenters. The van der Waals surface area contributed by atoms with Gasteiger partial charge in [0.05, 0.1) is 19.4 Å². The predicted molar refractivity (Wildman–Crippen MR) is 138 cm³/mol. The molecule has 1 N–H and O–H groups in total. The van der Waals surface area contributed by atoms with Gasteiger partial charge in [0.15, 0.2) is 5.65 Å². The number of carbonyl (C=O) groups excluding carboxylic acids is 1. The fraction of sp³-hybridized carbons (Fsp3) is 0.464. The molecule has 1 aliphatic carbocycles. The molecule has 0 radical (unpaired) electrons. The summed E-state index contributed by atoms with van der Waals surface area (Å²) in [4.78, 5) is 15.9. The molecule has 1 aliphatic heterocycles. The number of hydrogen-bond donors (Lipinski definition) is 1. The highest BCUT2D eigenvalue weighted by Gasteiger charge is 2.44. The SMILES string of the molecule is CC.CC(=O)Cc1cccc(Oc2ccc3nc(NCCC=CC4CCC5(COC5)C4)cn3n2)c1. The molecule has 7 nitrogen and oxygen atoms in total. The lowest BCUT2D eigenvalue weighted by molar-refractivity contribution is -0.116. The van der Waals surface area contributed by atoms with Crippen LogP contribution in [0, 0.1) is 11.3 Å². The fourth-order valence-electron chi connectivity index (χ4n) is 4.77. The van der Waals surface area contributed by atoms with Crippen molar-refractivity contribution in [2.45, 2.75) is 52.9 Å². The maximum absolute atomic E-state index is 11.4. The van der Waals surface area contributed by atoms with Crippen LogP contribution in [0.3, 0.4) is 0 Å². The lowest BCUT2D eigenvalue weighted by atomic mass is 9.83. The lowest BCUT2D eigenvalue weighted by Crippen LogP contribution is -2.40. The van der Waals surface area contributed by atoms with Crippen LogP contribution in [0.15, 0.2) is 54.7 Å². The number of rotatable bonds is 9. The van der Waals surface area contributed by atoms with Gasteiger partial charge in [-0.3, -0.25) is 4.79 Å². The van der Waals surface area contributed by atoms with Gasteiger partial charge >= 0.3 is 0 Å². The summed E-state index contributed by atoms with van der Waals surface area (Å²) in [5, 5.41) is 7.88. The van der Waals surface area contributed by atoms with Gasteiger partial charge in [-0.1, -0.05) is 38.1 Å². The highest BCUT2D eigenvalue weighted by molar-refractivity contribution is 5.78. The number of imidazole rings is 1. The molecule has 1 aromatic carbocycles. The fourth-order valence-corrected chi connectivity index (χ4v) is 4.77. The van der Waals surface area contributed by atoms with Crippen LogP contribution in [0.25, 0.3) is 5.65 Å². The van der Waals surface area contributed by atoms with E-state index in [0.29, 0.717) is 29.4 Å². The Morgan fingerprint density at radius 1 is 1.29 bits per heavy atom. The predicted octanol–water partition coefficient (Wildman–Crippen LogP) is 5.85. The Hall–Kier alpha value is -3.19. The molecule has 1 atom stereocenters. The third-order valence-electron chi connectivity index (χ3n) is 6.45. The number of hydrogen-bond acceptors (Lipinski definition) is 6. The molecule has 2 aromatic heterocycles. The molecule has 1 saturated carbocycles. The van der Waals surface area contributed by atoms with E-state index >= 15 is 0 Å². The molecule has 3 heterocycles. The van der Waals surface area contributed by atoms with E-state index in [2.05, 4.69) is 27.6 Å². The second-order valence-corrected chi connectivity index (χ2v) is 9.37. The molecule has 0 bridgehead atoms. The summed E-state index contributed by atoms with van der Waals surface area (Å²) in [6.45, 7) is 8.33. The Balaban J connectivity index is 0.00000141. The van der Waals surface area contributed by atoms with Crippen molar-refractivity contribution < 1.29 is 14.3 Å². The summed E-state index contributed by atoms with van der Waals surface area (Å²) in [5.41, 5.74) is 2.18. The van der Waals surface area contributed by atoms with Gasteiger partial charge in [0.2, 0.25) is 5.88 Å². The van der Waals surface area contributed by atoms with Crippen LogP contribution in [0.1, 0.15) is 52.0 Å². The summed E-state index contributed by atoms with van der Waals surface area (Å²) < 4.78 is 13.0. The number of fused-ring (bicyclic) bond motifs is 1. The summed E-state index contributed by atoms with van der Waals surface area (Å²) in [7, 11) is 0. The van der Waals surface area contributed by atoms with Gasteiger partial charge in [0.1, 0.15) is 17.4 Å². The van der Waals surface area contributed by atoms with E-state index in [9.17, 15) is 4.79 Å². The van der Waals surface area contributed by atoms with Crippen LogP contribution in [0.5, 0.6) is 11.6 Å². The van der Waals surface area contributed by atoms with Crippen molar-refractivity contribution in [1.82, 2.24) is 14.6 Å². The maximum Gasteiger partial charge on any atom is 0.237 e. The second-order valence-electron chi connectivity index (χ2n) is 9.37. The van der Waals surface area contributed by atoms with Crippen molar-refractivity contribution in [2.24, 2.45) is 11.3 Å². The van der Waals surface area contributed by atoms with E-state index < -0.39 is 0 Å². The average molecular weight is 477 g/mol.